The molecule has 1 atom stereocenters. The fourth-order valence-corrected chi connectivity index (χ4v) is 2.31. The molecule has 2 aromatic rings. The lowest BCUT2D eigenvalue weighted by Gasteiger charge is -2.20. The highest BCUT2D eigenvalue weighted by Gasteiger charge is 2.11. The van der Waals surface area contributed by atoms with Crippen molar-refractivity contribution in [1.29, 1.82) is 0 Å². The Balaban J connectivity index is 2.12. The van der Waals surface area contributed by atoms with E-state index in [1.807, 2.05) is 39.2 Å². The van der Waals surface area contributed by atoms with Crippen molar-refractivity contribution in [3.05, 3.63) is 54.1 Å². The Morgan fingerprint density at radius 1 is 1.05 bits per heavy atom. The number of benzene rings is 2. The molecule has 2 aromatic carbocycles. The van der Waals surface area contributed by atoms with Gasteiger partial charge in [-0.05, 0) is 44.2 Å². The third-order valence-electron chi connectivity index (χ3n) is 3.45. The second kappa shape index (κ2) is 7.02. The number of nitrogens with one attached hydrogen (secondary N) is 1. The van der Waals surface area contributed by atoms with Gasteiger partial charge < -0.3 is 15.0 Å². The van der Waals surface area contributed by atoms with Crippen LogP contribution in [0.2, 0.25) is 0 Å². The molecule has 0 aliphatic rings. The first kappa shape index (κ1) is 15.2. The van der Waals surface area contributed by atoms with Crippen LogP contribution in [-0.4, -0.2) is 20.7 Å². The molecule has 0 saturated carbocycles. The van der Waals surface area contributed by atoms with Gasteiger partial charge in [-0.3, -0.25) is 0 Å². The minimum absolute atomic E-state index is 0.193. The maximum atomic E-state index is 5.70. The first-order valence-electron chi connectivity index (χ1n) is 7.37. The van der Waals surface area contributed by atoms with E-state index >= 15 is 0 Å². The molecule has 0 aliphatic carbocycles. The SMILES string of the molecule is CCOc1ccccc1C(C)Nc1ccc(N(C)C)cc1. The number of rotatable bonds is 6. The molecule has 0 aromatic heterocycles. The number of anilines is 2. The van der Waals surface area contributed by atoms with Gasteiger partial charge in [0.15, 0.2) is 0 Å². The van der Waals surface area contributed by atoms with Crippen molar-refractivity contribution < 1.29 is 4.74 Å². The lowest BCUT2D eigenvalue weighted by atomic mass is 10.1. The van der Waals surface area contributed by atoms with E-state index in [1.165, 1.54) is 11.3 Å². The molecular formula is C18H24N2O. The fraction of sp³-hybridized carbons (Fsp3) is 0.333. The third-order valence-corrected chi connectivity index (χ3v) is 3.45. The molecule has 21 heavy (non-hydrogen) atoms. The zero-order chi connectivity index (χ0) is 15.2. The Morgan fingerprint density at radius 3 is 2.33 bits per heavy atom. The van der Waals surface area contributed by atoms with E-state index in [2.05, 4.69) is 47.5 Å². The summed E-state index contributed by atoms with van der Waals surface area (Å²) >= 11 is 0. The number of ether oxygens (including phenoxy) is 1. The molecule has 3 nitrogen and oxygen atoms in total. The summed E-state index contributed by atoms with van der Waals surface area (Å²) < 4.78 is 5.70. The highest BCUT2D eigenvalue weighted by atomic mass is 16.5. The van der Waals surface area contributed by atoms with Crippen LogP contribution in [0.3, 0.4) is 0 Å². The molecule has 3 heteroatoms. The van der Waals surface area contributed by atoms with Crippen molar-refractivity contribution in [3.8, 4) is 5.75 Å². The van der Waals surface area contributed by atoms with Crippen molar-refractivity contribution in [1.82, 2.24) is 0 Å². The first-order valence-corrected chi connectivity index (χ1v) is 7.37. The average Bonchev–Trinajstić information content (AvgIpc) is 2.48. The second-order valence-electron chi connectivity index (χ2n) is 5.28. The quantitative estimate of drug-likeness (QED) is 0.854. The van der Waals surface area contributed by atoms with Crippen LogP contribution in [0.5, 0.6) is 5.75 Å². The van der Waals surface area contributed by atoms with Crippen molar-refractivity contribution in [2.75, 3.05) is 30.9 Å². The molecule has 0 fully saturated rings. The molecular weight excluding hydrogens is 260 g/mol. The summed E-state index contributed by atoms with van der Waals surface area (Å²) in [5.41, 5.74) is 3.48. The van der Waals surface area contributed by atoms with Gasteiger partial charge in [0.2, 0.25) is 0 Å². The smallest absolute Gasteiger partial charge is 0.124 e. The number of hydrogen-bond donors (Lipinski definition) is 1. The molecule has 1 unspecified atom stereocenters. The topological polar surface area (TPSA) is 24.5 Å². The summed E-state index contributed by atoms with van der Waals surface area (Å²) in [5.74, 6) is 0.949. The van der Waals surface area contributed by atoms with E-state index in [0.717, 1.165) is 11.4 Å². The summed E-state index contributed by atoms with van der Waals surface area (Å²) in [5, 5.41) is 3.52. The molecule has 2 rings (SSSR count). The first-order chi connectivity index (χ1) is 10.1. The molecule has 1 N–H and O–H groups in total. The molecule has 0 radical (unpaired) electrons. The Labute approximate surface area is 127 Å². The summed E-state index contributed by atoms with van der Waals surface area (Å²) in [4.78, 5) is 2.09. The fourth-order valence-electron chi connectivity index (χ4n) is 2.31. The second-order valence-corrected chi connectivity index (χ2v) is 5.28. The maximum absolute atomic E-state index is 5.70. The monoisotopic (exact) mass is 284 g/mol. The third kappa shape index (κ3) is 3.91. The Hall–Kier alpha value is -2.16. The Bertz CT molecular complexity index is 564. The van der Waals surface area contributed by atoms with Gasteiger partial charge in [-0.25, -0.2) is 0 Å². The molecule has 0 heterocycles. The minimum Gasteiger partial charge on any atom is -0.494 e. The summed E-state index contributed by atoms with van der Waals surface area (Å²) in [7, 11) is 4.09. The van der Waals surface area contributed by atoms with Crippen molar-refractivity contribution in [2.45, 2.75) is 19.9 Å². The number of para-hydroxylation sites is 1. The van der Waals surface area contributed by atoms with Gasteiger partial charge in [-0.15, -0.1) is 0 Å². The highest BCUT2D eigenvalue weighted by Crippen LogP contribution is 2.28. The van der Waals surface area contributed by atoms with Crippen LogP contribution in [0, 0.1) is 0 Å². The lowest BCUT2D eigenvalue weighted by molar-refractivity contribution is 0.335. The number of nitrogens with zero attached hydrogens (tertiary/aromatic N) is 1. The van der Waals surface area contributed by atoms with Gasteiger partial charge in [0, 0.05) is 31.0 Å². The minimum atomic E-state index is 0.193. The van der Waals surface area contributed by atoms with Crippen LogP contribution in [0.15, 0.2) is 48.5 Å². The van der Waals surface area contributed by atoms with Crippen LogP contribution in [-0.2, 0) is 0 Å². The largest absolute Gasteiger partial charge is 0.494 e. The van der Waals surface area contributed by atoms with Gasteiger partial charge in [0.05, 0.1) is 12.6 Å². The lowest BCUT2D eigenvalue weighted by Crippen LogP contribution is -2.10. The molecule has 112 valence electrons. The van der Waals surface area contributed by atoms with Crippen LogP contribution < -0.4 is 15.0 Å². The molecule has 0 amide bonds. The normalized spacial score (nSPS) is 11.8. The zero-order valence-electron chi connectivity index (χ0n) is 13.3. The van der Waals surface area contributed by atoms with Gasteiger partial charge in [0.1, 0.15) is 5.75 Å². The van der Waals surface area contributed by atoms with Crippen molar-refractivity contribution in [3.63, 3.8) is 0 Å². The zero-order valence-corrected chi connectivity index (χ0v) is 13.3. The van der Waals surface area contributed by atoms with Crippen LogP contribution >= 0.6 is 0 Å². The average molecular weight is 284 g/mol. The summed E-state index contributed by atoms with van der Waals surface area (Å²) in [6.45, 7) is 4.84. The van der Waals surface area contributed by atoms with E-state index in [0.29, 0.717) is 6.61 Å². The Morgan fingerprint density at radius 2 is 1.71 bits per heavy atom. The van der Waals surface area contributed by atoms with E-state index in [1.54, 1.807) is 0 Å². The van der Waals surface area contributed by atoms with Gasteiger partial charge >= 0.3 is 0 Å². The number of hydrogen-bond acceptors (Lipinski definition) is 3. The molecule has 0 bridgehead atoms. The van der Waals surface area contributed by atoms with E-state index in [9.17, 15) is 0 Å². The van der Waals surface area contributed by atoms with Gasteiger partial charge in [0.25, 0.3) is 0 Å². The van der Waals surface area contributed by atoms with Crippen LogP contribution in [0.25, 0.3) is 0 Å². The van der Waals surface area contributed by atoms with Crippen molar-refractivity contribution >= 4 is 11.4 Å². The molecule has 0 saturated heterocycles. The van der Waals surface area contributed by atoms with Crippen LogP contribution in [0.4, 0.5) is 11.4 Å². The maximum Gasteiger partial charge on any atom is 0.124 e. The van der Waals surface area contributed by atoms with Crippen LogP contribution in [0.1, 0.15) is 25.5 Å². The van der Waals surface area contributed by atoms with Gasteiger partial charge in [-0.1, -0.05) is 18.2 Å². The standard InChI is InChI=1S/C18H24N2O/c1-5-21-18-9-7-6-8-17(18)14(2)19-15-10-12-16(13-11-15)20(3)4/h6-14,19H,5H2,1-4H3. The summed E-state index contributed by atoms with van der Waals surface area (Å²) in [6, 6.07) is 16.8. The predicted molar refractivity (Wildman–Crippen MR) is 90.4 cm³/mol. The molecule has 0 aliphatic heterocycles. The van der Waals surface area contributed by atoms with Crippen molar-refractivity contribution in [2.24, 2.45) is 0 Å². The van der Waals surface area contributed by atoms with E-state index in [-0.39, 0.29) is 6.04 Å². The van der Waals surface area contributed by atoms with Gasteiger partial charge in [-0.2, -0.15) is 0 Å². The van der Waals surface area contributed by atoms with E-state index in [4.69, 9.17) is 4.74 Å². The highest BCUT2D eigenvalue weighted by molar-refractivity contribution is 5.55. The van der Waals surface area contributed by atoms with E-state index < -0.39 is 0 Å². The molecule has 0 spiro atoms. The predicted octanol–water partition coefficient (Wildman–Crippen LogP) is 4.32. The Kier molecular flexibility index (Phi) is 5.09. The summed E-state index contributed by atoms with van der Waals surface area (Å²) in [6.07, 6.45) is 0.